The Labute approximate surface area is 297 Å². The number of fused-ring (bicyclic) bond motifs is 7. The van der Waals surface area contributed by atoms with Crippen LogP contribution in [0.3, 0.4) is 0 Å². The van der Waals surface area contributed by atoms with Crippen molar-refractivity contribution < 1.29 is 4.42 Å². The van der Waals surface area contributed by atoms with Crippen LogP contribution in [-0.2, 0) is 5.41 Å². The van der Waals surface area contributed by atoms with Gasteiger partial charge in [0.2, 0.25) is 0 Å². The Bertz CT molecular complexity index is 2790. The highest BCUT2D eigenvalue weighted by atomic mass is 16.3. The Kier molecular flexibility index (Phi) is 6.56. The summed E-state index contributed by atoms with van der Waals surface area (Å²) >= 11 is 0. The van der Waals surface area contributed by atoms with Gasteiger partial charge in [-0.2, -0.15) is 0 Å². The van der Waals surface area contributed by atoms with Crippen LogP contribution >= 0.6 is 0 Å². The molecule has 51 heavy (non-hydrogen) atoms. The van der Waals surface area contributed by atoms with E-state index in [0.717, 1.165) is 44.6 Å². The number of benzene rings is 8. The minimum absolute atomic E-state index is 0.142. The highest BCUT2D eigenvalue weighted by Gasteiger charge is 2.36. The third kappa shape index (κ3) is 4.64. The summed E-state index contributed by atoms with van der Waals surface area (Å²) in [7, 11) is 0. The first kappa shape index (κ1) is 29.5. The fourth-order valence-corrected chi connectivity index (χ4v) is 8.31. The Morgan fingerprint density at radius 3 is 2.02 bits per heavy atom. The summed E-state index contributed by atoms with van der Waals surface area (Å²) in [6, 6.07) is 63.8. The number of nitrogens with zero attached hydrogens (tertiary/aromatic N) is 1. The van der Waals surface area contributed by atoms with Gasteiger partial charge in [-0.1, -0.05) is 147 Å². The third-order valence-corrected chi connectivity index (χ3v) is 10.9. The van der Waals surface area contributed by atoms with E-state index in [1.54, 1.807) is 0 Å². The van der Waals surface area contributed by atoms with Gasteiger partial charge < -0.3 is 9.32 Å². The normalized spacial score (nSPS) is 13.1. The predicted octanol–water partition coefficient (Wildman–Crippen LogP) is 13.8. The smallest absolute Gasteiger partial charge is 0.137 e. The van der Waals surface area contributed by atoms with Gasteiger partial charge in [0.15, 0.2) is 0 Å². The van der Waals surface area contributed by atoms with Crippen LogP contribution in [-0.4, -0.2) is 0 Å². The highest BCUT2D eigenvalue weighted by Crippen LogP contribution is 2.52. The summed E-state index contributed by atoms with van der Waals surface area (Å²) in [5.41, 5.74) is 14.9. The second-order valence-electron chi connectivity index (χ2n) is 14.1. The van der Waals surface area contributed by atoms with Crippen molar-refractivity contribution in [3.05, 3.63) is 187 Å². The molecule has 0 aliphatic heterocycles. The summed E-state index contributed by atoms with van der Waals surface area (Å²) in [6.07, 6.45) is 0. The van der Waals surface area contributed by atoms with E-state index in [1.165, 1.54) is 49.7 Å². The second-order valence-corrected chi connectivity index (χ2v) is 14.1. The molecule has 0 saturated heterocycles. The van der Waals surface area contributed by atoms with Gasteiger partial charge >= 0.3 is 0 Å². The van der Waals surface area contributed by atoms with Gasteiger partial charge in [-0.3, -0.25) is 0 Å². The second kappa shape index (κ2) is 11.3. The van der Waals surface area contributed by atoms with Crippen molar-refractivity contribution in [1.29, 1.82) is 0 Å². The predicted molar refractivity (Wildman–Crippen MR) is 214 cm³/mol. The van der Waals surface area contributed by atoms with Crippen molar-refractivity contribution in [2.75, 3.05) is 4.90 Å². The van der Waals surface area contributed by atoms with E-state index in [1.807, 2.05) is 6.07 Å². The molecule has 1 heterocycles. The van der Waals surface area contributed by atoms with Gasteiger partial charge in [0.1, 0.15) is 11.2 Å². The molecule has 0 unspecified atom stereocenters. The Balaban J connectivity index is 1.28. The Morgan fingerprint density at radius 2 is 1.12 bits per heavy atom. The molecular weight excluding hydrogens is 619 g/mol. The fraction of sp³-hybridized carbons (Fsp3) is 0.0612. The van der Waals surface area contributed by atoms with Crippen LogP contribution < -0.4 is 4.90 Å². The Hall–Kier alpha value is -6.38. The molecule has 242 valence electrons. The maximum Gasteiger partial charge on any atom is 0.137 e. The van der Waals surface area contributed by atoms with Gasteiger partial charge in [0, 0.05) is 22.1 Å². The van der Waals surface area contributed by atoms with E-state index in [4.69, 9.17) is 4.42 Å². The first-order chi connectivity index (χ1) is 25.0. The van der Waals surface area contributed by atoms with Gasteiger partial charge in [0.05, 0.1) is 16.8 Å². The SMILES string of the molecule is CC1(C)c2ccccc2-c2ccc(N(c3cc(-c4ccc5ccccc5c4)ccc3-c3ccccc3)c3cccc4oc5ccccc5c34)cc21. The van der Waals surface area contributed by atoms with E-state index in [9.17, 15) is 0 Å². The monoisotopic (exact) mass is 653 g/mol. The molecule has 0 saturated carbocycles. The molecule has 1 aromatic heterocycles. The van der Waals surface area contributed by atoms with Crippen molar-refractivity contribution in [3.63, 3.8) is 0 Å². The van der Waals surface area contributed by atoms with Crippen molar-refractivity contribution in [1.82, 2.24) is 0 Å². The minimum atomic E-state index is -0.142. The van der Waals surface area contributed by atoms with Crippen molar-refractivity contribution >= 4 is 49.8 Å². The zero-order valence-corrected chi connectivity index (χ0v) is 28.6. The van der Waals surface area contributed by atoms with Gasteiger partial charge in [0.25, 0.3) is 0 Å². The summed E-state index contributed by atoms with van der Waals surface area (Å²) in [6.45, 7) is 4.71. The summed E-state index contributed by atoms with van der Waals surface area (Å²) in [4.78, 5) is 2.47. The van der Waals surface area contributed by atoms with E-state index in [0.29, 0.717) is 0 Å². The lowest BCUT2D eigenvalue weighted by Gasteiger charge is -2.31. The van der Waals surface area contributed by atoms with Crippen LogP contribution in [0.25, 0.3) is 66.1 Å². The number of anilines is 3. The number of hydrogen-bond donors (Lipinski definition) is 0. The van der Waals surface area contributed by atoms with Crippen LogP contribution in [0.15, 0.2) is 180 Å². The molecule has 1 aliphatic rings. The zero-order chi connectivity index (χ0) is 34.1. The molecule has 0 N–H and O–H groups in total. The number of rotatable bonds is 5. The lowest BCUT2D eigenvalue weighted by atomic mass is 9.82. The highest BCUT2D eigenvalue weighted by molar-refractivity contribution is 6.14. The lowest BCUT2D eigenvalue weighted by molar-refractivity contribution is 0.660. The maximum absolute atomic E-state index is 6.49. The summed E-state index contributed by atoms with van der Waals surface area (Å²) in [5.74, 6) is 0. The van der Waals surface area contributed by atoms with Crippen LogP contribution in [0, 0.1) is 0 Å². The molecule has 2 heteroatoms. The first-order valence-electron chi connectivity index (χ1n) is 17.7. The quantitative estimate of drug-likeness (QED) is 0.184. The van der Waals surface area contributed by atoms with Gasteiger partial charge in [-0.25, -0.2) is 0 Å². The molecule has 1 aliphatic carbocycles. The summed E-state index contributed by atoms with van der Waals surface area (Å²) in [5, 5.41) is 4.68. The minimum Gasteiger partial charge on any atom is -0.456 e. The zero-order valence-electron chi connectivity index (χ0n) is 28.6. The topological polar surface area (TPSA) is 16.4 Å². The fourth-order valence-electron chi connectivity index (χ4n) is 8.31. The number of hydrogen-bond acceptors (Lipinski definition) is 2. The molecule has 0 atom stereocenters. The first-order valence-corrected chi connectivity index (χ1v) is 17.7. The van der Waals surface area contributed by atoms with Crippen LogP contribution in [0.1, 0.15) is 25.0 Å². The number of furan rings is 1. The lowest BCUT2D eigenvalue weighted by Crippen LogP contribution is -2.17. The Morgan fingerprint density at radius 1 is 0.431 bits per heavy atom. The van der Waals surface area contributed by atoms with Crippen molar-refractivity contribution in [2.45, 2.75) is 19.3 Å². The van der Waals surface area contributed by atoms with Gasteiger partial charge in [-0.15, -0.1) is 0 Å². The van der Waals surface area contributed by atoms with Crippen LogP contribution in [0.4, 0.5) is 17.1 Å². The van der Waals surface area contributed by atoms with Crippen LogP contribution in [0.5, 0.6) is 0 Å². The maximum atomic E-state index is 6.49. The average molecular weight is 654 g/mol. The standard InChI is InChI=1S/C49H35NO/c1-49(2)42-19-10-8-17-39(42)40-28-26-37(31-43(40)49)50(44-20-12-22-47-48(44)41-18-9-11-21-46(41)51-47)45-30-36(25-27-38(45)33-14-4-3-5-15-33)35-24-23-32-13-6-7-16-34(32)29-35/h3-31H,1-2H3. The molecule has 0 radical (unpaired) electrons. The molecule has 0 fully saturated rings. The van der Waals surface area contributed by atoms with Crippen molar-refractivity contribution in [3.8, 4) is 33.4 Å². The molecular formula is C49H35NO. The van der Waals surface area contributed by atoms with E-state index < -0.39 is 0 Å². The van der Waals surface area contributed by atoms with E-state index in [-0.39, 0.29) is 5.41 Å². The van der Waals surface area contributed by atoms with Gasteiger partial charge in [-0.05, 0) is 92.2 Å². The summed E-state index contributed by atoms with van der Waals surface area (Å²) < 4.78 is 6.49. The largest absolute Gasteiger partial charge is 0.456 e. The molecule has 0 amide bonds. The molecule has 0 bridgehead atoms. The third-order valence-electron chi connectivity index (χ3n) is 10.9. The average Bonchev–Trinajstić information content (AvgIpc) is 3.67. The molecule has 2 nitrogen and oxygen atoms in total. The molecule has 8 aromatic carbocycles. The molecule has 10 rings (SSSR count). The molecule has 0 spiro atoms. The van der Waals surface area contributed by atoms with E-state index >= 15 is 0 Å². The molecule has 9 aromatic rings. The van der Waals surface area contributed by atoms with Crippen LogP contribution in [0.2, 0.25) is 0 Å². The van der Waals surface area contributed by atoms with Crippen molar-refractivity contribution in [2.24, 2.45) is 0 Å². The number of para-hydroxylation sites is 1. The van der Waals surface area contributed by atoms with E-state index in [2.05, 4.69) is 189 Å².